The molecule has 1 amide bonds. The van der Waals surface area contributed by atoms with Gasteiger partial charge in [0.15, 0.2) is 0 Å². The van der Waals surface area contributed by atoms with Crippen LogP contribution in [0, 0.1) is 17.8 Å². The monoisotopic (exact) mass is 284 g/mol. The molecule has 2 saturated carbocycles. The van der Waals surface area contributed by atoms with Gasteiger partial charge in [-0.3, -0.25) is 4.79 Å². The topological polar surface area (TPSA) is 46.3 Å². The number of nitrogens with two attached hydrogens (primary N) is 1. The Labute approximate surface area is 126 Å². The Bertz CT molecular complexity index is 544. The maximum Gasteiger partial charge on any atom is 0.230 e. The molecule has 1 aliphatic heterocycles. The summed E-state index contributed by atoms with van der Waals surface area (Å²) in [7, 11) is 0. The fourth-order valence-electron chi connectivity index (χ4n) is 4.69. The summed E-state index contributed by atoms with van der Waals surface area (Å²) in [6.45, 7) is 1.53. The molecule has 112 valence electrons. The number of rotatable bonds is 3. The average Bonchev–Trinajstić information content (AvgIpc) is 3.14. The van der Waals surface area contributed by atoms with Crippen molar-refractivity contribution in [3.63, 3.8) is 0 Å². The Kier molecular flexibility index (Phi) is 3.26. The van der Waals surface area contributed by atoms with Crippen LogP contribution in [0.25, 0.3) is 0 Å². The van der Waals surface area contributed by atoms with Crippen molar-refractivity contribution < 1.29 is 4.79 Å². The standard InChI is InChI=1S/C18H24N2O/c19-10-9-12-11-20(16-8-4-3-5-13(12)16)18(21)17-14-6-1-2-7-15(14)17/h3-5,8,12,14-15,17H,1-2,6-7,9-11,19H2. The fraction of sp³-hybridized carbons (Fsp3) is 0.611. The number of benzene rings is 1. The minimum Gasteiger partial charge on any atom is -0.330 e. The van der Waals surface area contributed by atoms with Crippen LogP contribution in [0.3, 0.4) is 0 Å². The lowest BCUT2D eigenvalue weighted by Crippen LogP contribution is -2.32. The molecule has 2 aliphatic carbocycles. The van der Waals surface area contributed by atoms with Crippen LogP contribution in [-0.2, 0) is 4.79 Å². The molecule has 4 rings (SSSR count). The van der Waals surface area contributed by atoms with Gasteiger partial charge in [0.1, 0.15) is 0 Å². The van der Waals surface area contributed by atoms with Crippen LogP contribution in [0.5, 0.6) is 0 Å². The molecule has 3 unspecified atom stereocenters. The molecule has 3 aliphatic rings. The molecule has 2 fully saturated rings. The van der Waals surface area contributed by atoms with Gasteiger partial charge in [-0.2, -0.15) is 0 Å². The summed E-state index contributed by atoms with van der Waals surface area (Å²) in [4.78, 5) is 15.0. The number of amides is 1. The van der Waals surface area contributed by atoms with Crippen LogP contribution in [0.4, 0.5) is 5.69 Å². The van der Waals surface area contributed by atoms with E-state index in [-0.39, 0.29) is 0 Å². The number of fused-ring (bicyclic) bond motifs is 2. The van der Waals surface area contributed by atoms with Crippen LogP contribution in [-0.4, -0.2) is 19.0 Å². The van der Waals surface area contributed by atoms with E-state index in [2.05, 4.69) is 23.1 Å². The summed E-state index contributed by atoms with van der Waals surface area (Å²) in [5.41, 5.74) is 8.21. The molecular formula is C18H24N2O. The van der Waals surface area contributed by atoms with Crippen molar-refractivity contribution in [1.29, 1.82) is 0 Å². The summed E-state index contributed by atoms with van der Waals surface area (Å²) in [5.74, 6) is 2.51. The minimum atomic E-state index is 0.317. The molecule has 0 saturated heterocycles. The highest BCUT2D eigenvalue weighted by molar-refractivity contribution is 5.99. The first kappa shape index (κ1) is 13.3. The van der Waals surface area contributed by atoms with Crippen LogP contribution in [0.1, 0.15) is 43.6 Å². The van der Waals surface area contributed by atoms with Crippen molar-refractivity contribution in [3.8, 4) is 0 Å². The van der Waals surface area contributed by atoms with Gasteiger partial charge in [-0.15, -0.1) is 0 Å². The highest BCUT2D eigenvalue weighted by Gasteiger charge is 2.56. The molecule has 3 atom stereocenters. The zero-order chi connectivity index (χ0) is 14.4. The lowest BCUT2D eigenvalue weighted by Gasteiger charge is -2.18. The number of hydrogen-bond donors (Lipinski definition) is 1. The largest absolute Gasteiger partial charge is 0.330 e. The molecule has 1 aromatic carbocycles. The van der Waals surface area contributed by atoms with Gasteiger partial charge in [0.25, 0.3) is 0 Å². The Morgan fingerprint density at radius 1 is 1.19 bits per heavy atom. The van der Waals surface area contributed by atoms with Gasteiger partial charge in [0, 0.05) is 24.1 Å². The summed E-state index contributed by atoms with van der Waals surface area (Å²) in [6.07, 6.45) is 6.14. The molecule has 0 radical (unpaired) electrons. The van der Waals surface area contributed by atoms with E-state index >= 15 is 0 Å². The number of nitrogens with zero attached hydrogens (tertiary/aromatic N) is 1. The van der Waals surface area contributed by atoms with Gasteiger partial charge < -0.3 is 10.6 Å². The van der Waals surface area contributed by atoms with Crippen LogP contribution in [0.15, 0.2) is 24.3 Å². The molecule has 3 nitrogen and oxygen atoms in total. The average molecular weight is 284 g/mol. The van der Waals surface area contributed by atoms with E-state index in [0.29, 0.717) is 36.1 Å². The number of carbonyl (C=O) groups excluding carboxylic acids is 1. The van der Waals surface area contributed by atoms with E-state index in [1.54, 1.807) is 0 Å². The first-order valence-corrected chi connectivity index (χ1v) is 8.41. The molecule has 3 heteroatoms. The first-order valence-electron chi connectivity index (χ1n) is 8.41. The predicted octanol–water partition coefficient (Wildman–Crippen LogP) is 2.90. The maximum absolute atomic E-state index is 13.0. The van der Waals surface area contributed by atoms with Gasteiger partial charge in [0.2, 0.25) is 5.91 Å². The second-order valence-corrected chi connectivity index (χ2v) is 6.92. The third-order valence-electron chi connectivity index (χ3n) is 5.79. The molecule has 0 bridgehead atoms. The van der Waals surface area contributed by atoms with Crippen LogP contribution < -0.4 is 10.6 Å². The predicted molar refractivity (Wildman–Crippen MR) is 84.1 cm³/mol. The van der Waals surface area contributed by atoms with E-state index in [4.69, 9.17) is 5.73 Å². The smallest absolute Gasteiger partial charge is 0.230 e. The quantitative estimate of drug-likeness (QED) is 0.927. The SMILES string of the molecule is NCCC1CN(C(=O)C2C3CCCCC32)c2ccccc21. The molecule has 0 spiro atoms. The van der Waals surface area contributed by atoms with Crippen molar-refractivity contribution in [2.75, 3.05) is 18.0 Å². The second kappa shape index (κ2) is 5.13. The third kappa shape index (κ3) is 2.10. The fourth-order valence-corrected chi connectivity index (χ4v) is 4.69. The zero-order valence-corrected chi connectivity index (χ0v) is 12.5. The summed E-state index contributed by atoms with van der Waals surface area (Å²) in [5, 5.41) is 0. The molecule has 2 N–H and O–H groups in total. The Balaban J connectivity index is 1.57. The lowest BCUT2D eigenvalue weighted by molar-refractivity contribution is -0.120. The van der Waals surface area contributed by atoms with Crippen LogP contribution in [0.2, 0.25) is 0 Å². The molecule has 21 heavy (non-hydrogen) atoms. The number of para-hydroxylation sites is 1. The van der Waals surface area contributed by atoms with Gasteiger partial charge in [-0.05, 0) is 49.3 Å². The summed E-state index contributed by atoms with van der Waals surface area (Å²) >= 11 is 0. The zero-order valence-electron chi connectivity index (χ0n) is 12.5. The molecule has 1 aromatic rings. The van der Waals surface area contributed by atoms with Crippen LogP contribution >= 0.6 is 0 Å². The van der Waals surface area contributed by atoms with E-state index in [9.17, 15) is 4.79 Å². The Hall–Kier alpha value is -1.35. The van der Waals surface area contributed by atoms with E-state index in [0.717, 1.165) is 18.7 Å². The molecular weight excluding hydrogens is 260 g/mol. The van der Waals surface area contributed by atoms with Gasteiger partial charge in [0.05, 0.1) is 0 Å². The highest BCUT2D eigenvalue weighted by atomic mass is 16.2. The van der Waals surface area contributed by atoms with Crippen molar-refractivity contribution in [2.45, 2.75) is 38.0 Å². The summed E-state index contributed by atoms with van der Waals surface area (Å²) in [6, 6.07) is 8.40. The minimum absolute atomic E-state index is 0.317. The van der Waals surface area contributed by atoms with Crippen molar-refractivity contribution in [1.82, 2.24) is 0 Å². The van der Waals surface area contributed by atoms with Gasteiger partial charge in [-0.25, -0.2) is 0 Å². The normalized spacial score (nSPS) is 33.5. The van der Waals surface area contributed by atoms with E-state index < -0.39 is 0 Å². The molecule has 1 heterocycles. The van der Waals surface area contributed by atoms with E-state index in [1.807, 2.05) is 6.07 Å². The number of carbonyl (C=O) groups is 1. The third-order valence-corrected chi connectivity index (χ3v) is 5.79. The van der Waals surface area contributed by atoms with Crippen molar-refractivity contribution in [3.05, 3.63) is 29.8 Å². The van der Waals surface area contributed by atoms with Gasteiger partial charge in [-0.1, -0.05) is 31.0 Å². The first-order chi connectivity index (χ1) is 10.3. The number of anilines is 1. The highest BCUT2D eigenvalue weighted by Crippen LogP contribution is 2.57. The maximum atomic E-state index is 13.0. The van der Waals surface area contributed by atoms with Gasteiger partial charge >= 0.3 is 0 Å². The number of hydrogen-bond acceptors (Lipinski definition) is 2. The lowest BCUT2D eigenvalue weighted by atomic mass is 9.98. The van der Waals surface area contributed by atoms with Crippen molar-refractivity contribution in [2.24, 2.45) is 23.5 Å². The Morgan fingerprint density at radius 3 is 2.62 bits per heavy atom. The summed E-state index contributed by atoms with van der Waals surface area (Å²) < 4.78 is 0. The molecule has 0 aromatic heterocycles. The Morgan fingerprint density at radius 2 is 1.90 bits per heavy atom. The van der Waals surface area contributed by atoms with E-state index in [1.165, 1.54) is 31.2 Å². The van der Waals surface area contributed by atoms with Crippen molar-refractivity contribution >= 4 is 11.6 Å². The second-order valence-electron chi connectivity index (χ2n) is 6.92.